The summed E-state index contributed by atoms with van der Waals surface area (Å²) in [5, 5.41) is 13.2. The van der Waals surface area contributed by atoms with Gasteiger partial charge in [-0.25, -0.2) is 0 Å². The van der Waals surface area contributed by atoms with Crippen molar-refractivity contribution in [1.29, 1.82) is 0 Å². The predicted octanol–water partition coefficient (Wildman–Crippen LogP) is 4.47. The van der Waals surface area contributed by atoms with Crippen molar-refractivity contribution in [3.63, 3.8) is 0 Å². The summed E-state index contributed by atoms with van der Waals surface area (Å²) in [4.78, 5) is 28.3. The lowest BCUT2D eigenvalue weighted by atomic mass is 9.83. The van der Waals surface area contributed by atoms with Crippen LogP contribution in [-0.2, 0) is 27.4 Å². The van der Waals surface area contributed by atoms with Crippen molar-refractivity contribution in [2.45, 2.75) is 70.9 Å². The zero-order chi connectivity index (χ0) is 30.1. The molecule has 224 valence electrons. The van der Waals surface area contributed by atoms with E-state index in [0.717, 1.165) is 35.3 Å². The third-order valence-electron chi connectivity index (χ3n) is 7.81. The lowest BCUT2D eigenvalue weighted by molar-refractivity contribution is -0.141. The first-order valence-electron chi connectivity index (χ1n) is 14.6. The highest BCUT2D eigenvalue weighted by atomic mass is 16.5. The van der Waals surface area contributed by atoms with Crippen LogP contribution in [0.5, 0.6) is 0 Å². The maximum atomic E-state index is 13.9. The van der Waals surface area contributed by atoms with Gasteiger partial charge in [0.25, 0.3) is 0 Å². The Bertz CT molecular complexity index is 1320. The summed E-state index contributed by atoms with van der Waals surface area (Å²) in [6.07, 6.45) is 7.38. The van der Waals surface area contributed by atoms with Crippen LogP contribution in [0, 0.1) is 5.41 Å². The van der Waals surface area contributed by atoms with Crippen LogP contribution < -0.4 is 11.1 Å². The molecule has 42 heavy (non-hydrogen) atoms. The number of hydrogen-bond acceptors (Lipinski definition) is 6. The summed E-state index contributed by atoms with van der Waals surface area (Å²) in [5.41, 5.74) is 8.33. The third kappa shape index (κ3) is 8.18. The van der Waals surface area contributed by atoms with Crippen LogP contribution in [0.15, 0.2) is 89.6 Å². The Labute approximate surface area is 248 Å². The van der Waals surface area contributed by atoms with E-state index in [1.807, 2.05) is 79.7 Å². The molecule has 2 amide bonds. The molecule has 4 N–H and O–H groups in total. The smallest absolute Gasteiger partial charge is 0.248 e. The first-order chi connectivity index (χ1) is 20.2. The molecule has 5 atom stereocenters. The van der Waals surface area contributed by atoms with Gasteiger partial charge in [0, 0.05) is 17.5 Å². The number of amides is 2. The minimum atomic E-state index is -0.880. The van der Waals surface area contributed by atoms with Crippen LogP contribution in [0.25, 0.3) is 11.3 Å². The SMILES string of the molecule is C[C@H](N)C(=O)N[C@H](C(=O)N1CCCC1/C=C/[C@](C)(CO)Cc1cccc(-c2ccco2)c1)[C@@H](C)OCc1ccccc1. The van der Waals surface area contributed by atoms with Crippen LogP contribution in [-0.4, -0.2) is 59.2 Å². The highest BCUT2D eigenvalue weighted by Crippen LogP contribution is 2.29. The molecule has 2 aromatic carbocycles. The summed E-state index contributed by atoms with van der Waals surface area (Å²) >= 11 is 0. The topological polar surface area (TPSA) is 118 Å². The minimum Gasteiger partial charge on any atom is -0.464 e. The van der Waals surface area contributed by atoms with E-state index in [1.165, 1.54) is 0 Å². The molecule has 0 aliphatic carbocycles. The van der Waals surface area contributed by atoms with Crippen LogP contribution in [0.3, 0.4) is 0 Å². The zero-order valence-electron chi connectivity index (χ0n) is 24.7. The standard InChI is InChI=1S/C34H43N3O5/c1-24(35)32(39)36-31(25(2)42-22-26-10-5-4-6-11-26)33(40)37-18-8-14-29(37)16-17-34(3,23-38)21-27-12-7-13-28(20-27)30-15-9-19-41-30/h4-7,9-13,15-17,19-20,24-25,29,31,38H,8,14,18,21-23,35H2,1-3H3,(H,36,39)/b17-16+/t24-,25+,29?,31-,34-/m0/s1. The molecular weight excluding hydrogens is 530 g/mol. The van der Waals surface area contributed by atoms with E-state index in [1.54, 1.807) is 25.0 Å². The first-order valence-corrected chi connectivity index (χ1v) is 14.6. The van der Waals surface area contributed by atoms with Crippen molar-refractivity contribution in [2.75, 3.05) is 13.2 Å². The largest absolute Gasteiger partial charge is 0.464 e. The maximum Gasteiger partial charge on any atom is 0.248 e. The second-order valence-electron chi connectivity index (χ2n) is 11.5. The van der Waals surface area contributed by atoms with Gasteiger partial charge in [-0.05, 0) is 62.4 Å². The molecular formula is C34H43N3O5. The van der Waals surface area contributed by atoms with Gasteiger partial charge in [-0.1, -0.05) is 67.6 Å². The summed E-state index contributed by atoms with van der Waals surface area (Å²) in [6.45, 7) is 6.24. The molecule has 0 saturated carbocycles. The molecule has 1 unspecified atom stereocenters. The van der Waals surface area contributed by atoms with E-state index in [2.05, 4.69) is 11.4 Å². The van der Waals surface area contributed by atoms with Gasteiger partial charge in [-0.15, -0.1) is 0 Å². The molecule has 0 spiro atoms. The second-order valence-corrected chi connectivity index (χ2v) is 11.5. The van der Waals surface area contributed by atoms with Crippen LogP contribution in [0.4, 0.5) is 0 Å². The molecule has 8 heteroatoms. The van der Waals surface area contributed by atoms with Crippen LogP contribution in [0.1, 0.15) is 44.7 Å². The van der Waals surface area contributed by atoms with E-state index in [0.29, 0.717) is 19.6 Å². The van der Waals surface area contributed by atoms with Crippen molar-refractivity contribution in [1.82, 2.24) is 10.2 Å². The number of nitrogens with one attached hydrogen (secondary N) is 1. The lowest BCUT2D eigenvalue weighted by Gasteiger charge is -2.32. The fraction of sp³-hybridized carbons (Fsp3) is 0.412. The van der Waals surface area contributed by atoms with Gasteiger partial charge >= 0.3 is 0 Å². The Balaban J connectivity index is 1.47. The number of nitrogens with zero attached hydrogens (tertiary/aromatic N) is 1. The molecule has 4 rings (SSSR count). The van der Waals surface area contributed by atoms with E-state index >= 15 is 0 Å². The minimum absolute atomic E-state index is 0.0490. The fourth-order valence-corrected chi connectivity index (χ4v) is 5.26. The predicted molar refractivity (Wildman–Crippen MR) is 163 cm³/mol. The Morgan fingerprint density at radius 2 is 1.90 bits per heavy atom. The average Bonchev–Trinajstić information content (AvgIpc) is 3.71. The molecule has 8 nitrogen and oxygen atoms in total. The molecule has 3 aromatic rings. The molecule has 0 bridgehead atoms. The van der Waals surface area contributed by atoms with E-state index in [9.17, 15) is 14.7 Å². The molecule has 1 aliphatic heterocycles. The highest BCUT2D eigenvalue weighted by Gasteiger charge is 2.37. The maximum absolute atomic E-state index is 13.9. The number of carbonyl (C=O) groups excluding carboxylic acids is 2. The molecule has 1 aromatic heterocycles. The van der Waals surface area contributed by atoms with E-state index < -0.39 is 29.5 Å². The van der Waals surface area contributed by atoms with Gasteiger partial charge in [0.15, 0.2) is 0 Å². The fourth-order valence-electron chi connectivity index (χ4n) is 5.26. The average molecular weight is 574 g/mol. The Kier molecular flexibility index (Phi) is 10.7. The molecule has 1 fully saturated rings. The number of aliphatic hydroxyl groups is 1. The van der Waals surface area contributed by atoms with Gasteiger partial charge in [-0.3, -0.25) is 9.59 Å². The number of likely N-dealkylation sites (tertiary alicyclic amines) is 1. The van der Waals surface area contributed by atoms with E-state index in [-0.39, 0.29) is 18.6 Å². The second kappa shape index (κ2) is 14.4. The van der Waals surface area contributed by atoms with Gasteiger partial charge in [-0.2, -0.15) is 0 Å². The number of ether oxygens (including phenoxy) is 1. The third-order valence-corrected chi connectivity index (χ3v) is 7.81. The van der Waals surface area contributed by atoms with Gasteiger partial charge < -0.3 is 30.2 Å². The summed E-state index contributed by atoms with van der Waals surface area (Å²) in [5.74, 6) is 0.193. The number of rotatable bonds is 13. The Morgan fingerprint density at radius 1 is 1.14 bits per heavy atom. The Morgan fingerprint density at radius 3 is 2.60 bits per heavy atom. The molecule has 2 heterocycles. The number of aliphatic hydroxyl groups excluding tert-OH is 1. The van der Waals surface area contributed by atoms with Crippen molar-refractivity contribution >= 4 is 11.8 Å². The van der Waals surface area contributed by atoms with Crippen LogP contribution in [0.2, 0.25) is 0 Å². The monoisotopic (exact) mass is 573 g/mol. The number of furan rings is 1. The normalized spacial score (nSPS) is 18.9. The van der Waals surface area contributed by atoms with Gasteiger partial charge in [0.2, 0.25) is 11.8 Å². The quantitative estimate of drug-likeness (QED) is 0.260. The number of hydrogen-bond donors (Lipinski definition) is 3. The van der Waals surface area contributed by atoms with Crippen LogP contribution >= 0.6 is 0 Å². The molecule has 0 radical (unpaired) electrons. The number of benzene rings is 2. The summed E-state index contributed by atoms with van der Waals surface area (Å²) < 4.78 is 11.6. The van der Waals surface area contributed by atoms with Crippen molar-refractivity contribution in [3.05, 3.63) is 96.3 Å². The zero-order valence-corrected chi connectivity index (χ0v) is 24.7. The van der Waals surface area contributed by atoms with Gasteiger partial charge in [0.05, 0.1) is 37.7 Å². The first kappa shape index (κ1) is 31.2. The molecule has 1 saturated heterocycles. The lowest BCUT2D eigenvalue weighted by Crippen LogP contribution is -2.57. The Hall–Kier alpha value is -3.72. The van der Waals surface area contributed by atoms with Gasteiger partial charge in [0.1, 0.15) is 11.8 Å². The number of nitrogens with two attached hydrogens (primary N) is 1. The van der Waals surface area contributed by atoms with Crippen molar-refractivity contribution < 1.29 is 23.8 Å². The molecule has 1 aliphatic rings. The summed E-state index contributed by atoms with van der Waals surface area (Å²) in [7, 11) is 0. The summed E-state index contributed by atoms with van der Waals surface area (Å²) in [6, 6.07) is 19.8. The highest BCUT2D eigenvalue weighted by molar-refractivity contribution is 5.90. The van der Waals surface area contributed by atoms with Crippen molar-refractivity contribution in [3.8, 4) is 11.3 Å². The van der Waals surface area contributed by atoms with E-state index in [4.69, 9.17) is 14.9 Å². The van der Waals surface area contributed by atoms with Crippen molar-refractivity contribution in [2.24, 2.45) is 11.1 Å². The number of carbonyl (C=O) groups is 2.